The minimum Gasteiger partial charge on any atom is -0.277 e. The third-order valence-corrected chi connectivity index (χ3v) is 3.45. The van der Waals surface area contributed by atoms with Gasteiger partial charge in [-0.1, -0.05) is 23.1 Å². The van der Waals surface area contributed by atoms with Crippen LogP contribution < -0.4 is 0 Å². The molecule has 2 heterocycles. The molecule has 1 unspecified atom stereocenters. The molecule has 1 aromatic rings. The summed E-state index contributed by atoms with van der Waals surface area (Å²) in [6, 6.07) is 7.01. The van der Waals surface area contributed by atoms with Crippen molar-refractivity contribution in [1.82, 2.24) is 9.80 Å². The first-order valence-corrected chi connectivity index (χ1v) is 6.25. The van der Waals surface area contributed by atoms with E-state index in [1.54, 1.807) is 24.3 Å². The minimum absolute atomic E-state index is 0.0396. The van der Waals surface area contributed by atoms with Gasteiger partial charge in [0.05, 0.1) is 10.7 Å². The van der Waals surface area contributed by atoms with Crippen LogP contribution in [0.3, 0.4) is 0 Å². The number of nitroso groups, excluding NO2 is 1. The van der Waals surface area contributed by atoms with Crippen molar-refractivity contribution in [2.45, 2.75) is 6.04 Å². The lowest BCUT2D eigenvalue weighted by Gasteiger charge is -2.32. The van der Waals surface area contributed by atoms with Crippen molar-refractivity contribution < 1.29 is 14.3 Å². The van der Waals surface area contributed by atoms with Gasteiger partial charge in [0.1, 0.15) is 0 Å². The third-order valence-electron chi connectivity index (χ3n) is 3.45. The van der Waals surface area contributed by atoms with Crippen LogP contribution in [0.4, 0.5) is 4.79 Å². The van der Waals surface area contributed by atoms with Crippen molar-refractivity contribution in [2.24, 2.45) is 10.2 Å². The molecular formula is C13H12N5O3+. The van der Waals surface area contributed by atoms with Gasteiger partial charge in [0.25, 0.3) is 11.9 Å². The Morgan fingerprint density at radius 2 is 1.71 bits per heavy atom. The summed E-state index contributed by atoms with van der Waals surface area (Å²) < 4.78 is 0.499. The number of carbonyl (C=O) groups is 2. The second-order valence-electron chi connectivity index (χ2n) is 4.72. The predicted molar refractivity (Wildman–Crippen MR) is 73.8 cm³/mol. The maximum atomic E-state index is 12.5. The van der Waals surface area contributed by atoms with E-state index in [2.05, 4.69) is 10.2 Å². The molecule has 1 atom stereocenters. The molecule has 1 saturated heterocycles. The molecule has 106 valence electrons. The average Bonchev–Trinajstić information content (AvgIpc) is 2.51. The van der Waals surface area contributed by atoms with E-state index < -0.39 is 18.0 Å². The summed E-state index contributed by atoms with van der Waals surface area (Å²) in [5, 5.41) is 7.76. The lowest BCUT2D eigenvalue weighted by Crippen LogP contribution is -2.64. The van der Waals surface area contributed by atoms with Crippen molar-refractivity contribution in [3.8, 4) is 0 Å². The number of imide groups is 1. The summed E-state index contributed by atoms with van der Waals surface area (Å²) in [6.45, 7) is 0. The smallest absolute Gasteiger partial charge is 0.277 e. The molecule has 0 aliphatic carbocycles. The number of hydrogen-bond donors (Lipinski definition) is 0. The van der Waals surface area contributed by atoms with E-state index in [1.807, 2.05) is 6.07 Å². The van der Waals surface area contributed by atoms with Crippen molar-refractivity contribution >= 4 is 23.6 Å². The van der Waals surface area contributed by atoms with Gasteiger partial charge in [0, 0.05) is 18.9 Å². The number of benzene rings is 1. The third kappa shape index (κ3) is 1.83. The molecule has 2 aliphatic rings. The number of nitrogens with zero attached hydrogens (tertiary/aromatic N) is 5. The highest BCUT2D eigenvalue weighted by Crippen LogP contribution is 2.19. The van der Waals surface area contributed by atoms with Gasteiger partial charge in [0.15, 0.2) is 0 Å². The lowest BCUT2D eigenvalue weighted by atomic mass is 10.1. The van der Waals surface area contributed by atoms with Crippen LogP contribution in [-0.4, -0.2) is 58.3 Å². The highest BCUT2D eigenvalue weighted by molar-refractivity contribution is 6.20. The first kappa shape index (κ1) is 13.1. The van der Waals surface area contributed by atoms with Crippen molar-refractivity contribution in [2.75, 3.05) is 14.1 Å². The molecule has 1 aromatic carbocycles. The fraction of sp³-hybridized carbons (Fsp3) is 0.231. The van der Waals surface area contributed by atoms with Crippen molar-refractivity contribution in [1.29, 1.82) is 0 Å². The zero-order valence-electron chi connectivity index (χ0n) is 11.4. The second-order valence-corrected chi connectivity index (χ2v) is 4.72. The molecule has 3 amide bonds. The van der Waals surface area contributed by atoms with Gasteiger partial charge in [-0.3, -0.25) is 14.6 Å². The summed E-state index contributed by atoms with van der Waals surface area (Å²) in [5.41, 5.74) is 0.560. The van der Waals surface area contributed by atoms with Gasteiger partial charge < -0.3 is 0 Å². The molecule has 3 rings (SSSR count). The van der Waals surface area contributed by atoms with Gasteiger partial charge in [0.2, 0.25) is 5.84 Å². The van der Waals surface area contributed by atoms with E-state index in [0.29, 0.717) is 10.3 Å². The van der Waals surface area contributed by atoms with Gasteiger partial charge in [-0.25, -0.2) is 4.79 Å². The lowest BCUT2D eigenvalue weighted by molar-refractivity contribution is -0.445. The van der Waals surface area contributed by atoms with Crippen LogP contribution in [0.5, 0.6) is 0 Å². The first-order valence-electron chi connectivity index (χ1n) is 6.25. The van der Waals surface area contributed by atoms with Crippen LogP contribution in [0.25, 0.3) is 0 Å². The SMILES string of the molecule is CN1C(=O)C2C(=NN=C(c3ccccc3)[N+]2=O)N(C)C1=O. The summed E-state index contributed by atoms with van der Waals surface area (Å²) in [7, 11) is 2.79. The molecule has 21 heavy (non-hydrogen) atoms. The van der Waals surface area contributed by atoms with Gasteiger partial charge >= 0.3 is 11.9 Å². The zero-order chi connectivity index (χ0) is 15.1. The van der Waals surface area contributed by atoms with Crippen LogP contribution in [0, 0.1) is 4.91 Å². The Morgan fingerprint density at radius 1 is 1.05 bits per heavy atom. The van der Waals surface area contributed by atoms with E-state index in [0.717, 1.165) is 9.80 Å². The van der Waals surface area contributed by atoms with Crippen LogP contribution in [0.2, 0.25) is 0 Å². The molecule has 0 radical (unpaired) electrons. The molecule has 0 saturated carbocycles. The van der Waals surface area contributed by atoms with Crippen LogP contribution in [0.15, 0.2) is 40.5 Å². The monoisotopic (exact) mass is 286 g/mol. The molecule has 0 spiro atoms. The van der Waals surface area contributed by atoms with Crippen LogP contribution in [0.1, 0.15) is 5.56 Å². The number of fused-ring (bicyclic) bond motifs is 1. The molecule has 8 nitrogen and oxygen atoms in total. The Labute approximate surface area is 119 Å². The molecule has 8 heteroatoms. The van der Waals surface area contributed by atoms with E-state index in [9.17, 15) is 14.5 Å². The second kappa shape index (κ2) is 4.58. The van der Waals surface area contributed by atoms with E-state index >= 15 is 0 Å². The summed E-state index contributed by atoms with van der Waals surface area (Å²) in [6.07, 6.45) is 0. The number of likely N-dealkylation sites (N-methyl/N-ethyl adjacent to an activating group) is 2. The molecule has 0 N–H and O–H groups in total. The maximum Gasteiger partial charge on any atom is 0.396 e. The fourth-order valence-corrected chi connectivity index (χ4v) is 2.26. The van der Waals surface area contributed by atoms with Crippen LogP contribution >= 0.6 is 0 Å². The van der Waals surface area contributed by atoms with Gasteiger partial charge in [-0.2, -0.15) is 0 Å². The number of amidine groups is 2. The predicted octanol–water partition coefficient (Wildman–Crippen LogP) is 0.432. The molecule has 2 aliphatic heterocycles. The fourth-order valence-electron chi connectivity index (χ4n) is 2.26. The summed E-state index contributed by atoms with van der Waals surface area (Å²) in [4.78, 5) is 38.6. The summed E-state index contributed by atoms with van der Waals surface area (Å²) in [5.74, 6) is -0.526. The minimum atomic E-state index is -1.19. The Morgan fingerprint density at radius 3 is 2.38 bits per heavy atom. The highest BCUT2D eigenvalue weighted by Gasteiger charge is 2.52. The Kier molecular flexibility index (Phi) is 2.86. The first-order chi connectivity index (χ1) is 10.0. The highest BCUT2D eigenvalue weighted by atomic mass is 16.3. The number of rotatable bonds is 1. The van der Waals surface area contributed by atoms with E-state index in [4.69, 9.17) is 0 Å². The maximum absolute atomic E-state index is 12.5. The standard InChI is InChI=1S/C13H12N5O3/c1-16-11-9(12(19)17(2)13(16)20)18(21)10(14-15-11)8-6-4-3-5-7-8/h3-7,9H,1-2H3/q+1. The number of amides is 3. The number of carbonyl (C=O) groups excluding carboxylic acids is 2. The topological polar surface area (TPSA) is 85.4 Å². The summed E-state index contributed by atoms with van der Waals surface area (Å²) >= 11 is 0. The van der Waals surface area contributed by atoms with E-state index in [-0.39, 0.29) is 11.7 Å². The molecule has 0 aromatic heterocycles. The number of urea groups is 1. The Bertz CT molecular complexity index is 710. The number of hydrogen-bond acceptors (Lipinski definition) is 5. The largest absolute Gasteiger partial charge is 0.396 e. The molecule has 0 bridgehead atoms. The van der Waals surface area contributed by atoms with Crippen molar-refractivity contribution in [3.63, 3.8) is 0 Å². The quantitative estimate of drug-likeness (QED) is 0.702. The van der Waals surface area contributed by atoms with Crippen molar-refractivity contribution in [3.05, 3.63) is 40.8 Å². The molecule has 1 fully saturated rings. The van der Waals surface area contributed by atoms with Gasteiger partial charge in [-0.15, -0.1) is 0 Å². The van der Waals surface area contributed by atoms with Crippen LogP contribution in [-0.2, 0) is 4.79 Å². The molecular weight excluding hydrogens is 274 g/mol. The zero-order valence-corrected chi connectivity index (χ0v) is 11.4. The average molecular weight is 286 g/mol. The Balaban J connectivity index is 2.09. The van der Waals surface area contributed by atoms with E-state index in [1.165, 1.54) is 14.1 Å². The Hall–Kier alpha value is -2.90. The van der Waals surface area contributed by atoms with Gasteiger partial charge in [-0.05, 0) is 17.2 Å². The normalized spacial score (nSPS) is 22.0.